The van der Waals surface area contributed by atoms with Gasteiger partial charge in [0.05, 0.1) is 11.0 Å². The van der Waals surface area contributed by atoms with Crippen molar-refractivity contribution in [2.24, 2.45) is 5.92 Å². The Morgan fingerprint density at radius 3 is 2.92 bits per heavy atom. The van der Waals surface area contributed by atoms with E-state index < -0.39 is 22.7 Å². The number of nitrogens with zero attached hydrogens (tertiary/aromatic N) is 1. The molecule has 3 saturated carbocycles. The van der Waals surface area contributed by atoms with Crippen molar-refractivity contribution < 1.29 is 19.7 Å². The molecule has 1 heterocycles. The number of carbonyl (C=O) groups is 1. The van der Waals surface area contributed by atoms with Crippen molar-refractivity contribution in [3.05, 3.63) is 23.3 Å². The van der Waals surface area contributed by atoms with Crippen LogP contribution >= 0.6 is 0 Å². The molecule has 126 valence electrons. The molecule has 0 radical (unpaired) electrons. The third kappa shape index (κ3) is 1.08. The van der Waals surface area contributed by atoms with Crippen molar-refractivity contribution >= 4 is 5.78 Å². The van der Waals surface area contributed by atoms with Gasteiger partial charge >= 0.3 is 0 Å². The highest BCUT2D eigenvalue weighted by molar-refractivity contribution is 5.94. The van der Waals surface area contributed by atoms with Crippen LogP contribution in [0, 0.1) is 5.92 Å². The van der Waals surface area contributed by atoms with Gasteiger partial charge in [-0.25, -0.2) is 0 Å². The molecule has 1 aromatic rings. The monoisotopic (exact) mass is 327 g/mol. The fourth-order valence-electron chi connectivity index (χ4n) is 6.49. The molecule has 1 aromatic carbocycles. The van der Waals surface area contributed by atoms with Crippen LogP contribution in [0.4, 0.5) is 0 Å². The zero-order chi connectivity index (χ0) is 16.5. The van der Waals surface area contributed by atoms with Crippen LogP contribution in [-0.2, 0) is 16.6 Å². The summed E-state index contributed by atoms with van der Waals surface area (Å²) >= 11 is 0. The summed E-state index contributed by atoms with van der Waals surface area (Å²) in [6.45, 7) is 0.959. The minimum absolute atomic E-state index is 0.0600. The summed E-state index contributed by atoms with van der Waals surface area (Å²) in [6.07, 6.45) is 3.44. The van der Waals surface area contributed by atoms with Crippen molar-refractivity contribution in [1.29, 1.82) is 0 Å². The smallest absolute Gasteiger partial charge is 0.174 e. The highest BCUT2D eigenvalue weighted by Crippen LogP contribution is 2.82. The molecule has 0 aromatic heterocycles. The molecule has 24 heavy (non-hydrogen) atoms. The highest BCUT2D eigenvalue weighted by atomic mass is 16.5. The maximum Gasteiger partial charge on any atom is 0.174 e. The molecule has 1 aliphatic heterocycles. The first-order valence-corrected chi connectivity index (χ1v) is 8.96. The quantitative estimate of drug-likeness (QED) is 0.871. The average Bonchev–Trinajstić information content (AvgIpc) is 3.33. The first-order valence-electron chi connectivity index (χ1n) is 8.96. The van der Waals surface area contributed by atoms with E-state index in [-0.39, 0.29) is 11.5 Å². The Morgan fingerprint density at radius 2 is 2.17 bits per heavy atom. The summed E-state index contributed by atoms with van der Waals surface area (Å²) in [5.74, 6) is 1.29. The molecule has 0 bridgehead atoms. The number of ether oxygens (including phenoxy) is 1. The molecule has 0 amide bonds. The molecule has 5 heteroatoms. The van der Waals surface area contributed by atoms with Crippen LogP contribution in [-0.4, -0.2) is 51.7 Å². The molecule has 1 spiro atoms. The molecule has 1 unspecified atom stereocenters. The lowest BCUT2D eigenvalue weighted by Crippen LogP contribution is -2.46. The number of ketones is 1. The van der Waals surface area contributed by atoms with Crippen LogP contribution in [0.25, 0.3) is 0 Å². The molecule has 4 aliphatic carbocycles. The molecule has 2 N–H and O–H groups in total. The number of fused-ring (bicyclic) bond motifs is 1. The number of carbonyl (C=O) groups excluding carboxylic acids is 1. The Labute approximate surface area is 140 Å². The Bertz CT molecular complexity index is 818. The lowest BCUT2D eigenvalue weighted by molar-refractivity contribution is -0.131. The third-order valence-electron chi connectivity index (χ3n) is 7.53. The number of aromatic hydroxyl groups is 1. The molecule has 0 saturated heterocycles. The Kier molecular flexibility index (Phi) is 2.08. The van der Waals surface area contributed by atoms with Crippen LogP contribution in [0.3, 0.4) is 0 Å². The molecule has 5 aliphatic rings. The van der Waals surface area contributed by atoms with E-state index >= 15 is 0 Å². The molecule has 4 atom stereocenters. The number of Topliss-reactive ketones (excluding diaryl/α,β-unsaturated/α-hetero) is 1. The number of likely N-dealkylation sites (N-methyl/N-ethyl adjacent to an activating group) is 1. The summed E-state index contributed by atoms with van der Waals surface area (Å²) in [5.41, 5.74) is -0.0322. The van der Waals surface area contributed by atoms with Crippen molar-refractivity contribution in [2.45, 2.75) is 54.8 Å². The number of hydrogen-bond acceptors (Lipinski definition) is 5. The second kappa shape index (κ2) is 3.65. The molecule has 5 nitrogen and oxygen atoms in total. The summed E-state index contributed by atoms with van der Waals surface area (Å²) in [7, 11) is 2.09. The second-order valence-electron chi connectivity index (χ2n) is 8.44. The number of phenols is 1. The van der Waals surface area contributed by atoms with Gasteiger partial charge in [-0.15, -0.1) is 0 Å². The van der Waals surface area contributed by atoms with Crippen molar-refractivity contribution in [3.63, 3.8) is 0 Å². The number of benzene rings is 1. The lowest BCUT2D eigenvalue weighted by Gasteiger charge is -2.31. The van der Waals surface area contributed by atoms with Gasteiger partial charge < -0.3 is 14.9 Å². The lowest BCUT2D eigenvalue weighted by atomic mass is 9.79. The fourth-order valence-corrected chi connectivity index (χ4v) is 6.49. The van der Waals surface area contributed by atoms with E-state index in [2.05, 4.69) is 11.9 Å². The van der Waals surface area contributed by atoms with E-state index in [1.54, 1.807) is 6.07 Å². The minimum atomic E-state index is -0.922. The van der Waals surface area contributed by atoms with Crippen LogP contribution in [0.1, 0.15) is 36.8 Å². The predicted octanol–water partition coefficient (Wildman–Crippen LogP) is 1.14. The van der Waals surface area contributed by atoms with E-state index in [9.17, 15) is 15.0 Å². The standard InChI is InChI=1S/C19H21NO4/c1-20(9-10-2-3-10)17-8-11-4-5-12(21)15-14(11)19(17)16(24-15)13(22)6-7-18(17,19)23/h4-5,10,16,21,23H,2-3,6-9H2,1H3/t16-,17-,18+,19?/m0/s1. The Balaban J connectivity index is 1.60. The van der Waals surface area contributed by atoms with Crippen molar-refractivity contribution in [1.82, 2.24) is 4.90 Å². The molecular formula is C19H21NO4. The largest absolute Gasteiger partial charge is 0.504 e. The summed E-state index contributed by atoms with van der Waals surface area (Å²) in [5, 5.41) is 21.9. The van der Waals surface area contributed by atoms with Crippen LogP contribution in [0.2, 0.25) is 0 Å². The van der Waals surface area contributed by atoms with Crippen LogP contribution in [0.5, 0.6) is 11.5 Å². The number of aliphatic hydroxyl groups is 1. The number of rotatable bonds is 3. The van der Waals surface area contributed by atoms with E-state index in [0.29, 0.717) is 24.5 Å². The predicted molar refractivity (Wildman–Crippen MR) is 85.2 cm³/mol. The van der Waals surface area contributed by atoms with E-state index in [1.807, 2.05) is 6.07 Å². The van der Waals surface area contributed by atoms with Gasteiger partial charge in [-0.3, -0.25) is 9.69 Å². The zero-order valence-corrected chi connectivity index (χ0v) is 13.7. The van der Waals surface area contributed by atoms with Crippen LogP contribution in [0.15, 0.2) is 12.1 Å². The molecular weight excluding hydrogens is 306 g/mol. The second-order valence-corrected chi connectivity index (χ2v) is 8.44. The van der Waals surface area contributed by atoms with Gasteiger partial charge in [-0.05, 0) is 50.3 Å². The SMILES string of the molecule is CN(CC1CC1)[C@]12Cc3ccc(O)c4c3C13[C@@H](O4)C(=O)CC[C@]32O. The summed E-state index contributed by atoms with van der Waals surface area (Å²) in [6, 6.07) is 3.60. The van der Waals surface area contributed by atoms with E-state index in [4.69, 9.17) is 4.74 Å². The topological polar surface area (TPSA) is 70.0 Å². The maximum atomic E-state index is 12.7. The normalized spacial score (nSPS) is 43.6. The highest BCUT2D eigenvalue weighted by Gasteiger charge is 2.97. The van der Waals surface area contributed by atoms with Crippen molar-refractivity contribution in [3.8, 4) is 11.5 Å². The van der Waals surface area contributed by atoms with Gasteiger partial charge in [0, 0.05) is 18.5 Å². The van der Waals surface area contributed by atoms with Gasteiger partial charge in [0.25, 0.3) is 0 Å². The van der Waals surface area contributed by atoms with Crippen LogP contribution < -0.4 is 4.74 Å². The summed E-state index contributed by atoms with van der Waals surface area (Å²) < 4.78 is 5.98. The third-order valence-corrected chi connectivity index (χ3v) is 7.53. The maximum absolute atomic E-state index is 12.7. The van der Waals surface area contributed by atoms with Crippen molar-refractivity contribution in [2.75, 3.05) is 13.6 Å². The van der Waals surface area contributed by atoms with E-state index in [1.165, 1.54) is 12.8 Å². The van der Waals surface area contributed by atoms with Gasteiger partial charge in [-0.2, -0.15) is 0 Å². The van der Waals surface area contributed by atoms with Gasteiger partial charge in [0.15, 0.2) is 23.4 Å². The Hall–Kier alpha value is -1.59. The minimum Gasteiger partial charge on any atom is -0.504 e. The molecule has 6 rings (SSSR count). The fraction of sp³-hybridized carbons (Fsp3) is 0.632. The zero-order valence-electron chi connectivity index (χ0n) is 13.7. The van der Waals surface area contributed by atoms with E-state index in [0.717, 1.165) is 24.1 Å². The Morgan fingerprint density at radius 1 is 1.38 bits per heavy atom. The first kappa shape index (κ1) is 13.7. The first-order chi connectivity index (χ1) is 11.5. The number of hydrogen-bond donors (Lipinski definition) is 2. The average molecular weight is 327 g/mol. The van der Waals surface area contributed by atoms with Gasteiger partial charge in [-0.1, -0.05) is 6.07 Å². The van der Waals surface area contributed by atoms with Gasteiger partial charge in [0.2, 0.25) is 0 Å². The summed E-state index contributed by atoms with van der Waals surface area (Å²) in [4.78, 5) is 15.0. The van der Waals surface area contributed by atoms with Gasteiger partial charge in [0.1, 0.15) is 5.60 Å². The molecule has 3 fully saturated rings. The number of phenolic OH excluding ortho intramolecular Hbond substituents is 1.